The molecule has 2 unspecified atom stereocenters. The number of benzene rings is 2. The van der Waals surface area contributed by atoms with E-state index in [4.69, 9.17) is 32.1 Å². The molecule has 0 aliphatic carbocycles. The number of carbonyl (C=O) groups is 2. The van der Waals surface area contributed by atoms with Crippen LogP contribution in [0, 0.1) is 6.92 Å². The molecular weight excluding hydrogens is 782 g/mol. The molecule has 312 valence electrons. The van der Waals surface area contributed by atoms with Crippen molar-refractivity contribution in [1.82, 2.24) is 9.55 Å². The van der Waals surface area contributed by atoms with Crippen molar-refractivity contribution in [3.05, 3.63) is 104 Å². The van der Waals surface area contributed by atoms with Crippen LogP contribution in [0.4, 0.5) is 0 Å². The summed E-state index contributed by atoms with van der Waals surface area (Å²) in [4.78, 5) is 61.2. The smallest absolute Gasteiger partial charge is 0.427 e. The minimum absolute atomic E-state index is 0.269. The molecule has 4 rings (SSSR count). The Morgan fingerprint density at radius 2 is 1.28 bits per heavy atom. The third kappa shape index (κ3) is 16.1. The van der Waals surface area contributed by atoms with Crippen LogP contribution in [0.5, 0.6) is 11.5 Å². The molecule has 1 aliphatic heterocycles. The largest absolute Gasteiger partial charge is 0.484 e. The minimum atomic E-state index is -5.16. The molecular formula is C39H52N2O14P2. The van der Waals surface area contributed by atoms with Gasteiger partial charge in [0.15, 0.2) is 6.23 Å². The third-order valence-corrected chi connectivity index (χ3v) is 11.6. The van der Waals surface area contributed by atoms with Crippen molar-refractivity contribution < 1.29 is 55.7 Å². The topological polar surface area (TPSA) is 208 Å². The first-order valence-electron chi connectivity index (χ1n) is 19.1. The van der Waals surface area contributed by atoms with Crippen molar-refractivity contribution in [2.75, 3.05) is 6.61 Å². The fraction of sp³-hybridized carbons (Fsp3) is 0.487. The Morgan fingerprint density at radius 3 is 1.84 bits per heavy atom. The highest BCUT2D eigenvalue weighted by Crippen LogP contribution is 2.64. The standard InChI is InChI=1S/C39H52N2O14P2/c1-4-6-8-9-10-11-12-14-37(43)54-33-21-17-31(18-22-33)27-51-57(48,50-26-30-15-19-32(20-16-30)53-36(42)13-7-5-2)55-56(46,47)49-28-34-23-24-35(52-34)41-25-29(3)38(44)40-39(41)45/h15-25,34-35H,4-14,26-28H2,1-3H3,(H,46,47)(H,40,44,45)/t34-,35+,57?/m0/s1. The zero-order valence-electron chi connectivity index (χ0n) is 32.5. The monoisotopic (exact) mass is 834 g/mol. The number of nitrogens with zero attached hydrogens (tertiary/aromatic N) is 1. The van der Waals surface area contributed by atoms with Gasteiger partial charge in [-0.05, 0) is 61.2 Å². The molecule has 4 atom stereocenters. The Kier molecular flexibility index (Phi) is 18.3. The van der Waals surface area contributed by atoms with Gasteiger partial charge in [0, 0.05) is 24.6 Å². The molecule has 16 nitrogen and oxygen atoms in total. The van der Waals surface area contributed by atoms with Crippen molar-refractivity contribution in [1.29, 1.82) is 0 Å². The molecule has 2 N–H and O–H groups in total. The highest BCUT2D eigenvalue weighted by molar-refractivity contribution is 7.61. The molecule has 2 heterocycles. The van der Waals surface area contributed by atoms with Gasteiger partial charge < -0.3 is 19.1 Å². The Hall–Kier alpha value is -3.98. The number of hydrogen-bond acceptors (Lipinski definition) is 13. The minimum Gasteiger partial charge on any atom is -0.427 e. The van der Waals surface area contributed by atoms with Crippen LogP contribution in [0.1, 0.15) is 107 Å². The van der Waals surface area contributed by atoms with Crippen LogP contribution in [-0.4, -0.2) is 39.1 Å². The summed E-state index contributed by atoms with van der Waals surface area (Å²) in [5.74, 6) is -0.132. The van der Waals surface area contributed by atoms with Crippen LogP contribution >= 0.6 is 15.6 Å². The Balaban J connectivity index is 1.36. The van der Waals surface area contributed by atoms with E-state index in [1.807, 2.05) is 6.92 Å². The van der Waals surface area contributed by atoms with E-state index in [0.29, 0.717) is 35.5 Å². The first-order valence-corrected chi connectivity index (χ1v) is 22.1. The lowest BCUT2D eigenvalue weighted by Gasteiger charge is -2.22. The van der Waals surface area contributed by atoms with E-state index >= 15 is 0 Å². The van der Waals surface area contributed by atoms with Crippen molar-refractivity contribution in [3.63, 3.8) is 0 Å². The number of ether oxygens (including phenoxy) is 3. The number of carbonyl (C=O) groups excluding carboxylic acids is 2. The molecule has 0 amide bonds. The van der Waals surface area contributed by atoms with Crippen molar-refractivity contribution in [2.45, 2.75) is 117 Å². The van der Waals surface area contributed by atoms with Crippen molar-refractivity contribution in [3.8, 4) is 11.5 Å². The molecule has 0 saturated carbocycles. The number of esters is 2. The summed E-state index contributed by atoms with van der Waals surface area (Å²) < 4.78 is 65.7. The quantitative estimate of drug-likeness (QED) is 0.0272. The maximum atomic E-state index is 13.9. The zero-order chi connectivity index (χ0) is 41.3. The van der Waals surface area contributed by atoms with Gasteiger partial charge in [-0.25, -0.2) is 13.9 Å². The normalized spacial score (nSPS) is 17.2. The van der Waals surface area contributed by atoms with Gasteiger partial charge in [-0.15, -0.1) is 0 Å². The van der Waals surface area contributed by atoms with Gasteiger partial charge in [0.25, 0.3) is 5.56 Å². The number of hydrogen-bond donors (Lipinski definition) is 2. The van der Waals surface area contributed by atoms with E-state index in [1.165, 1.54) is 68.8 Å². The highest BCUT2D eigenvalue weighted by Gasteiger charge is 2.39. The summed E-state index contributed by atoms with van der Waals surface area (Å²) in [6, 6.07) is 12.3. The number of phosphoric ester groups is 2. The van der Waals surface area contributed by atoms with Gasteiger partial charge in [0.1, 0.15) is 17.6 Å². The number of aryl methyl sites for hydroxylation is 1. The SMILES string of the molecule is CCCCCCCCCC(=O)Oc1ccc(COP(=O)(OCc2ccc(OC(=O)CCCC)cc2)OP(=O)(O)OC[C@@H]2C=C[C@H](n3cc(C)c(=O)[nH]c3=O)O2)cc1. The summed E-state index contributed by atoms with van der Waals surface area (Å²) in [6.07, 6.45) is 12.0. The summed E-state index contributed by atoms with van der Waals surface area (Å²) >= 11 is 0. The summed E-state index contributed by atoms with van der Waals surface area (Å²) in [5.41, 5.74) is -0.107. The second-order valence-electron chi connectivity index (χ2n) is 13.5. The summed E-state index contributed by atoms with van der Waals surface area (Å²) in [7, 11) is -10.0. The molecule has 0 radical (unpaired) electrons. The predicted molar refractivity (Wildman–Crippen MR) is 209 cm³/mol. The molecule has 1 aliphatic rings. The highest BCUT2D eigenvalue weighted by atomic mass is 31.3. The van der Waals surface area contributed by atoms with E-state index < -0.39 is 59.0 Å². The number of H-pyrrole nitrogens is 1. The molecule has 0 bridgehead atoms. The summed E-state index contributed by atoms with van der Waals surface area (Å²) in [6.45, 7) is 4.28. The average molecular weight is 835 g/mol. The second-order valence-corrected chi connectivity index (χ2v) is 16.7. The van der Waals surface area contributed by atoms with E-state index in [1.54, 1.807) is 24.3 Å². The van der Waals surface area contributed by atoms with Gasteiger partial charge >= 0.3 is 33.3 Å². The lowest BCUT2D eigenvalue weighted by atomic mass is 10.1. The van der Waals surface area contributed by atoms with Crippen LogP contribution in [-0.2, 0) is 54.6 Å². The van der Waals surface area contributed by atoms with Crippen LogP contribution in [0.2, 0.25) is 0 Å². The molecule has 57 heavy (non-hydrogen) atoms. The molecule has 0 fully saturated rings. The van der Waals surface area contributed by atoms with Crippen molar-refractivity contribution >= 4 is 27.6 Å². The fourth-order valence-corrected chi connectivity index (χ4v) is 8.05. The number of rotatable bonds is 25. The van der Waals surface area contributed by atoms with E-state index in [0.717, 1.165) is 36.7 Å². The number of aromatic amines is 1. The predicted octanol–water partition coefficient (Wildman–Crippen LogP) is 8.12. The maximum absolute atomic E-state index is 13.9. The first-order chi connectivity index (χ1) is 27.3. The van der Waals surface area contributed by atoms with E-state index in [9.17, 15) is 33.2 Å². The number of nitrogens with one attached hydrogen (secondary N) is 1. The Morgan fingerprint density at radius 1 is 0.754 bits per heavy atom. The van der Waals surface area contributed by atoms with Gasteiger partial charge in [-0.2, -0.15) is 4.31 Å². The average Bonchev–Trinajstić information content (AvgIpc) is 3.66. The van der Waals surface area contributed by atoms with Gasteiger partial charge in [-0.3, -0.25) is 37.5 Å². The molecule has 18 heteroatoms. The van der Waals surface area contributed by atoms with Crippen LogP contribution in [0.3, 0.4) is 0 Å². The molecule has 0 saturated heterocycles. The number of unbranched alkanes of at least 4 members (excludes halogenated alkanes) is 7. The first kappa shape index (κ1) is 45.7. The van der Waals surface area contributed by atoms with Crippen LogP contribution < -0.4 is 20.7 Å². The Bertz CT molecular complexity index is 2000. The maximum Gasteiger partial charge on any atom is 0.484 e. The lowest BCUT2D eigenvalue weighted by molar-refractivity contribution is -0.135. The van der Waals surface area contributed by atoms with Crippen LogP contribution in [0.25, 0.3) is 0 Å². The number of aromatic nitrogens is 2. The van der Waals surface area contributed by atoms with Crippen molar-refractivity contribution in [2.24, 2.45) is 0 Å². The molecule has 3 aromatic rings. The van der Waals surface area contributed by atoms with E-state index in [-0.39, 0.29) is 23.9 Å². The van der Waals surface area contributed by atoms with Crippen LogP contribution in [0.15, 0.2) is 76.5 Å². The van der Waals surface area contributed by atoms with Gasteiger partial charge in [0.2, 0.25) is 0 Å². The third-order valence-electron chi connectivity index (χ3n) is 8.64. The molecule has 0 spiro atoms. The lowest BCUT2D eigenvalue weighted by Crippen LogP contribution is -2.33. The zero-order valence-corrected chi connectivity index (χ0v) is 34.3. The van der Waals surface area contributed by atoms with E-state index in [2.05, 4.69) is 11.9 Å². The van der Waals surface area contributed by atoms with Gasteiger partial charge in [-0.1, -0.05) is 89.1 Å². The second kappa shape index (κ2) is 22.8. The van der Waals surface area contributed by atoms with Gasteiger partial charge in [0.05, 0.1) is 19.8 Å². The number of phosphoric acid groups is 2. The fourth-order valence-electron chi connectivity index (χ4n) is 5.45. The molecule has 2 aromatic carbocycles. The Labute approximate surface area is 331 Å². The molecule has 1 aromatic heterocycles. The summed E-state index contributed by atoms with van der Waals surface area (Å²) in [5, 5.41) is 0.